The van der Waals surface area contributed by atoms with Gasteiger partial charge in [-0.25, -0.2) is 13.4 Å². The Bertz CT molecular complexity index is 477. The predicted molar refractivity (Wildman–Crippen MR) is 72.3 cm³/mol. The topological polar surface area (TPSA) is 55.2 Å². The van der Waals surface area contributed by atoms with Crippen LogP contribution in [0.3, 0.4) is 0 Å². The van der Waals surface area contributed by atoms with Crippen molar-refractivity contribution in [2.45, 2.75) is 38.3 Å². The molecule has 18 heavy (non-hydrogen) atoms. The summed E-state index contributed by atoms with van der Waals surface area (Å²) in [4.78, 5) is 4.09. The van der Waals surface area contributed by atoms with Crippen LogP contribution in [-0.4, -0.2) is 40.7 Å². The van der Waals surface area contributed by atoms with Crippen molar-refractivity contribution in [2.24, 2.45) is 7.05 Å². The van der Waals surface area contributed by atoms with Crippen LogP contribution in [0.25, 0.3) is 0 Å². The summed E-state index contributed by atoms with van der Waals surface area (Å²) in [5.41, 5.74) is 0. The zero-order chi connectivity index (χ0) is 13.9. The van der Waals surface area contributed by atoms with Gasteiger partial charge in [0.1, 0.15) is 5.82 Å². The van der Waals surface area contributed by atoms with E-state index in [4.69, 9.17) is 11.6 Å². The SMILES string of the molecule is Cc1nc(S(=O)(=O)N(CCCCl)C(C)C)cn1C. The maximum atomic E-state index is 12.5. The van der Waals surface area contributed by atoms with Crippen LogP contribution in [0.1, 0.15) is 26.1 Å². The van der Waals surface area contributed by atoms with Crippen LogP contribution in [0.15, 0.2) is 11.2 Å². The first-order valence-electron chi connectivity index (χ1n) is 5.88. The van der Waals surface area contributed by atoms with E-state index in [-0.39, 0.29) is 11.1 Å². The van der Waals surface area contributed by atoms with Crippen molar-refractivity contribution >= 4 is 21.6 Å². The van der Waals surface area contributed by atoms with Crippen molar-refractivity contribution in [2.75, 3.05) is 12.4 Å². The summed E-state index contributed by atoms with van der Waals surface area (Å²) in [6, 6.07) is -0.111. The Morgan fingerprint density at radius 2 is 2.11 bits per heavy atom. The van der Waals surface area contributed by atoms with E-state index in [1.54, 1.807) is 24.7 Å². The third kappa shape index (κ3) is 3.24. The average molecular weight is 294 g/mol. The molecule has 7 heteroatoms. The summed E-state index contributed by atoms with van der Waals surface area (Å²) in [6.45, 7) is 5.89. The van der Waals surface area contributed by atoms with Crippen LogP contribution in [0.2, 0.25) is 0 Å². The van der Waals surface area contributed by atoms with E-state index in [9.17, 15) is 8.42 Å². The fourth-order valence-corrected chi connectivity index (χ4v) is 3.47. The summed E-state index contributed by atoms with van der Waals surface area (Å²) >= 11 is 5.63. The summed E-state index contributed by atoms with van der Waals surface area (Å²) < 4.78 is 28.0. The molecule has 0 amide bonds. The largest absolute Gasteiger partial charge is 0.337 e. The monoisotopic (exact) mass is 293 g/mol. The Morgan fingerprint density at radius 3 is 2.50 bits per heavy atom. The number of halogens is 1. The van der Waals surface area contributed by atoms with Gasteiger partial charge in [-0.05, 0) is 27.2 Å². The van der Waals surface area contributed by atoms with Crippen molar-refractivity contribution in [3.8, 4) is 0 Å². The van der Waals surface area contributed by atoms with Gasteiger partial charge >= 0.3 is 0 Å². The zero-order valence-electron chi connectivity index (χ0n) is 11.2. The van der Waals surface area contributed by atoms with Gasteiger partial charge in [0.15, 0.2) is 5.03 Å². The lowest BCUT2D eigenvalue weighted by atomic mass is 10.4. The van der Waals surface area contributed by atoms with Gasteiger partial charge in [-0.15, -0.1) is 11.6 Å². The lowest BCUT2D eigenvalue weighted by Crippen LogP contribution is -2.38. The quantitative estimate of drug-likeness (QED) is 0.751. The fraction of sp³-hybridized carbons (Fsp3) is 0.727. The molecule has 0 radical (unpaired) electrons. The number of hydrogen-bond donors (Lipinski definition) is 0. The molecule has 0 fully saturated rings. The van der Waals surface area contributed by atoms with Crippen LogP contribution in [0, 0.1) is 6.92 Å². The van der Waals surface area contributed by atoms with Gasteiger partial charge in [0.2, 0.25) is 0 Å². The number of imidazole rings is 1. The second-order valence-electron chi connectivity index (χ2n) is 4.49. The third-order valence-corrected chi connectivity index (χ3v) is 4.96. The third-order valence-electron chi connectivity index (χ3n) is 2.75. The van der Waals surface area contributed by atoms with Gasteiger partial charge in [0.25, 0.3) is 10.0 Å². The molecule has 0 atom stereocenters. The molecule has 0 aromatic carbocycles. The highest BCUT2D eigenvalue weighted by atomic mass is 35.5. The molecule has 0 saturated carbocycles. The molecule has 104 valence electrons. The first-order valence-corrected chi connectivity index (χ1v) is 7.86. The van der Waals surface area contributed by atoms with Gasteiger partial charge in [0.05, 0.1) is 0 Å². The predicted octanol–water partition coefficient (Wildman–Crippen LogP) is 1.76. The zero-order valence-corrected chi connectivity index (χ0v) is 12.8. The average Bonchev–Trinajstić information content (AvgIpc) is 2.59. The molecule has 0 aliphatic heterocycles. The summed E-state index contributed by atoms with van der Waals surface area (Å²) in [6.07, 6.45) is 2.17. The molecule has 1 rings (SSSR count). The highest BCUT2D eigenvalue weighted by Crippen LogP contribution is 2.17. The molecule has 0 N–H and O–H groups in total. The van der Waals surface area contributed by atoms with Crippen LogP contribution in [0.4, 0.5) is 0 Å². The molecule has 5 nitrogen and oxygen atoms in total. The van der Waals surface area contributed by atoms with Crippen molar-refractivity contribution in [3.63, 3.8) is 0 Å². The molecule has 0 aliphatic rings. The van der Waals surface area contributed by atoms with Crippen LogP contribution in [-0.2, 0) is 17.1 Å². The second kappa shape index (κ2) is 6.04. The van der Waals surface area contributed by atoms with E-state index in [1.807, 2.05) is 13.8 Å². The molecular weight excluding hydrogens is 274 g/mol. The van der Waals surface area contributed by atoms with Gasteiger partial charge in [-0.2, -0.15) is 4.31 Å². The summed E-state index contributed by atoms with van der Waals surface area (Å²) in [5.74, 6) is 1.12. The van der Waals surface area contributed by atoms with Gasteiger partial charge in [-0.3, -0.25) is 0 Å². The minimum atomic E-state index is -3.53. The van der Waals surface area contributed by atoms with Crippen LogP contribution < -0.4 is 0 Å². The Kier molecular flexibility index (Phi) is 5.19. The van der Waals surface area contributed by atoms with Gasteiger partial charge < -0.3 is 4.57 Å². The second-order valence-corrected chi connectivity index (χ2v) is 6.70. The lowest BCUT2D eigenvalue weighted by molar-refractivity contribution is 0.353. The number of alkyl halides is 1. The molecule has 1 aromatic rings. The minimum absolute atomic E-state index is 0.103. The normalized spacial score (nSPS) is 12.6. The number of nitrogens with zero attached hydrogens (tertiary/aromatic N) is 3. The van der Waals surface area contributed by atoms with Crippen molar-refractivity contribution in [3.05, 3.63) is 12.0 Å². The molecule has 1 heterocycles. The number of hydrogen-bond acceptors (Lipinski definition) is 3. The molecule has 0 unspecified atom stereocenters. The molecule has 0 aliphatic carbocycles. The first kappa shape index (κ1) is 15.5. The van der Waals surface area contributed by atoms with E-state index >= 15 is 0 Å². The van der Waals surface area contributed by atoms with Crippen molar-refractivity contribution in [1.29, 1.82) is 0 Å². The van der Waals surface area contributed by atoms with E-state index in [2.05, 4.69) is 4.98 Å². The smallest absolute Gasteiger partial charge is 0.262 e. The number of aromatic nitrogens is 2. The van der Waals surface area contributed by atoms with Gasteiger partial charge in [0, 0.05) is 31.7 Å². The summed E-state index contributed by atoms with van der Waals surface area (Å²) in [7, 11) is -1.75. The van der Waals surface area contributed by atoms with Crippen LogP contribution in [0.5, 0.6) is 0 Å². The maximum Gasteiger partial charge on any atom is 0.262 e. The number of rotatable bonds is 6. The first-order chi connectivity index (χ1) is 8.30. The molecule has 1 aromatic heterocycles. The lowest BCUT2D eigenvalue weighted by Gasteiger charge is -2.24. The van der Waals surface area contributed by atoms with E-state index in [0.717, 1.165) is 0 Å². The van der Waals surface area contributed by atoms with Gasteiger partial charge in [-0.1, -0.05) is 0 Å². The van der Waals surface area contributed by atoms with E-state index in [1.165, 1.54) is 4.31 Å². The maximum absolute atomic E-state index is 12.5. The Morgan fingerprint density at radius 1 is 1.50 bits per heavy atom. The van der Waals surface area contributed by atoms with E-state index < -0.39 is 10.0 Å². The minimum Gasteiger partial charge on any atom is -0.337 e. The molecule has 0 bridgehead atoms. The Hall–Kier alpha value is -0.590. The highest BCUT2D eigenvalue weighted by Gasteiger charge is 2.28. The molecule has 0 saturated heterocycles. The molecular formula is C11H20ClN3O2S. The van der Waals surface area contributed by atoms with Crippen molar-refractivity contribution in [1.82, 2.24) is 13.9 Å². The fourth-order valence-electron chi connectivity index (χ4n) is 1.64. The van der Waals surface area contributed by atoms with Crippen LogP contribution >= 0.6 is 11.6 Å². The number of sulfonamides is 1. The standard InChI is InChI=1S/C11H20ClN3O2S/c1-9(2)15(7-5-6-12)18(16,17)11-8-14(4)10(3)13-11/h8-9H,5-7H2,1-4H3. The molecule has 0 spiro atoms. The Labute approximate surface area is 114 Å². The number of aryl methyl sites for hydroxylation is 2. The van der Waals surface area contributed by atoms with Crippen molar-refractivity contribution < 1.29 is 8.42 Å². The Balaban J connectivity index is 3.08. The highest BCUT2D eigenvalue weighted by molar-refractivity contribution is 7.89. The summed E-state index contributed by atoms with van der Waals surface area (Å²) in [5, 5.41) is 0.103. The van der Waals surface area contributed by atoms with E-state index in [0.29, 0.717) is 24.7 Å².